The molecule has 1 aliphatic carbocycles. The maximum atomic E-state index is 13.3. The Hall–Kier alpha value is -2.88. The summed E-state index contributed by atoms with van der Waals surface area (Å²) in [6, 6.07) is 15.6. The van der Waals surface area contributed by atoms with E-state index in [0.717, 1.165) is 36.8 Å². The molecule has 1 saturated carbocycles. The van der Waals surface area contributed by atoms with E-state index >= 15 is 0 Å². The summed E-state index contributed by atoms with van der Waals surface area (Å²) >= 11 is 0. The number of hydrogen-bond acceptors (Lipinski definition) is 3. The van der Waals surface area contributed by atoms with Crippen molar-refractivity contribution in [1.29, 1.82) is 0 Å². The molecule has 29 heavy (non-hydrogen) atoms. The molecule has 0 spiro atoms. The molecule has 2 aromatic carbocycles. The first kappa shape index (κ1) is 19.4. The number of hydrogen-bond donors (Lipinski definition) is 0. The lowest BCUT2D eigenvalue weighted by Crippen LogP contribution is -2.37. The van der Waals surface area contributed by atoms with Gasteiger partial charge in [-0.2, -0.15) is 0 Å². The van der Waals surface area contributed by atoms with Crippen molar-refractivity contribution in [2.24, 2.45) is 5.92 Å². The van der Waals surface area contributed by atoms with E-state index in [2.05, 4.69) is 0 Å². The van der Waals surface area contributed by atoms with Crippen molar-refractivity contribution >= 4 is 16.9 Å². The summed E-state index contributed by atoms with van der Waals surface area (Å²) in [5.74, 6) is 0.208. The van der Waals surface area contributed by atoms with Gasteiger partial charge in [-0.05, 0) is 37.5 Å². The molecule has 0 N–H and O–H groups in total. The number of aryl methyl sites for hydroxylation is 1. The van der Waals surface area contributed by atoms with Crippen molar-refractivity contribution in [3.63, 3.8) is 0 Å². The maximum absolute atomic E-state index is 13.3. The van der Waals surface area contributed by atoms with Gasteiger partial charge in [0.25, 0.3) is 0 Å². The summed E-state index contributed by atoms with van der Waals surface area (Å²) < 4.78 is 5.72. The smallest absolute Gasteiger partial charge is 0.226 e. The summed E-state index contributed by atoms with van der Waals surface area (Å²) in [6.45, 7) is 2.73. The first-order valence-corrected chi connectivity index (χ1v) is 10.5. The monoisotopic (exact) mass is 389 g/mol. The number of nitrogens with zero attached hydrogens (tertiary/aromatic N) is 1. The Morgan fingerprint density at radius 2 is 1.79 bits per heavy atom. The molecule has 1 aromatic heterocycles. The number of benzene rings is 2. The lowest BCUT2D eigenvalue weighted by atomic mass is 9.88. The van der Waals surface area contributed by atoms with E-state index in [0.29, 0.717) is 23.1 Å². The molecule has 1 heterocycles. The number of amides is 1. The average molecular weight is 389 g/mol. The van der Waals surface area contributed by atoms with Gasteiger partial charge >= 0.3 is 0 Å². The highest BCUT2D eigenvalue weighted by Gasteiger charge is 2.27. The molecule has 0 unspecified atom stereocenters. The second kappa shape index (κ2) is 8.64. The van der Waals surface area contributed by atoms with Crippen molar-refractivity contribution in [2.45, 2.75) is 52.1 Å². The lowest BCUT2D eigenvalue weighted by molar-refractivity contribution is -0.137. The van der Waals surface area contributed by atoms with Gasteiger partial charge in [0.1, 0.15) is 5.58 Å². The summed E-state index contributed by atoms with van der Waals surface area (Å²) in [4.78, 5) is 28.2. The molecular weight excluding hydrogens is 362 g/mol. The van der Waals surface area contributed by atoms with Gasteiger partial charge in [-0.3, -0.25) is 9.59 Å². The van der Waals surface area contributed by atoms with Crippen LogP contribution in [0.3, 0.4) is 0 Å². The second-order valence-corrected chi connectivity index (χ2v) is 8.10. The van der Waals surface area contributed by atoms with Crippen molar-refractivity contribution < 1.29 is 9.21 Å². The molecule has 4 heteroatoms. The summed E-state index contributed by atoms with van der Waals surface area (Å²) in [5.41, 5.74) is 3.14. The van der Waals surface area contributed by atoms with Crippen LogP contribution < -0.4 is 5.43 Å². The second-order valence-electron chi connectivity index (χ2n) is 8.10. The number of carbonyl (C=O) groups excluding carboxylic acids is 1. The molecule has 0 radical (unpaired) electrons. The van der Waals surface area contributed by atoms with E-state index in [1.54, 1.807) is 0 Å². The minimum atomic E-state index is -0.0514. The predicted molar refractivity (Wildman–Crippen MR) is 114 cm³/mol. The van der Waals surface area contributed by atoms with Gasteiger partial charge in [0, 0.05) is 12.5 Å². The van der Waals surface area contributed by atoms with Crippen LogP contribution in [0.1, 0.15) is 48.8 Å². The van der Waals surface area contributed by atoms with Crippen LogP contribution in [0.2, 0.25) is 0 Å². The van der Waals surface area contributed by atoms with E-state index in [1.165, 1.54) is 12.7 Å². The number of rotatable bonds is 5. The Morgan fingerprint density at radius 3 is 2.55 bits per heavy atom. The minimum absolute atomic E-state index is 0.0514. The number of carbonyl (C=O) groups is 1. The predicted octanol–water partition coefficient (Wildman–Crippen LogP) is 5.21. The fourth-order valence-electron chi connectivity index (χ4n) is 4.22. The molecule has 4 rings (SSSR count). The van der Waals surface area contributed by atoms with Crippen LogP contribution in [0.4, 0.5) is 0 Å². The minimum Gasteiger partial charge on any atom is -0.464 e. The molecule has 1 fully saturated rings. The van der Waals surface area contributed by atoms with Gasteiger partial charge in [-0.25, -0.2) is 0 Å². The molecule has 3 aromatic rings. The largest absolute Gasteiger partial charge is 0.464 e. The van der Waals surface area contributed by atoms with E-state index in [4.69, 9.17) is 4.42 Å². The Labute approximate surface area is 171 Å². The quantitative estimate of drug-likeness (QED) is 0.602. The zero-order chi connectivity index (χ0) is 20.2. The van der Waals surface area contributed by atoms with E-state index in [9.17, 15) is 9.59 Å². The highest BCUT2D eigenvalue weighted by atomic mass is 16.3. The molecule has 0 bridgehead atoms. The van der Waals surface area contributed by atoms with E-state index in [-0.39, 0.29) is 23.8 Å². The highest BCUT2D eigenvalue weighted by Crippen LogP contribution is 2.27. The van der Waals surface area contributed by atoms with Crippen LogP contribution in [-0.4, -0.2) is 10.8 Å². The fraction of sp³-hybridized carbons (Fsp3) is 0.360. The molecule has 0 atom stereocenters. The third kappa shape index (κ3) is 4.42. The van der Waals surface area contributed by atoms with Crippen molar-refractivity contribution in [3.05, 3.63) is 81.7 Å². The Balaban J connectivity index is 1.65. The van der Waals surface area contributed by atoms with Crippen LogP contribution in [0, 0.1) is 12.8 Å². The van der Waals surface area contributed by atoms with Crippen LogP contribution in [0.5, 0.6) is 0 Å². The van der Waals surface area contributed by atoms with Crippen LogP contribution >= 0.6 is 0 Å². The van der Waals surface area contributed by atoms with Gasteiger partial charge in [-0.15, -0.1) is 0 Å². The molecule has 0 saturated heterocycles. The molecule has 4 nitrogen and oxygen atoms in total. The zero-order valence-electron chi connectivity index (χ0n) is 16.9. The Morgan fingerprint density at radius 1 is 1.03 bits per heavy atom. The zero-order valence-corrected chi connectivity index (χ0v) is 16.9. The van der Waals surface area contributed by atoms with Gasteiger partial charge in [0.05, 0.1) is 23.8 Å². The van der Waals surface area contributed by atoms with E-state index in [1.807, 2.05) is 60.4 Å². The summed E-state index contributed by atoms with van der Waals surface area (Å²) in [7, 11) is 0. The Bertz CT molecular complexity index is 1050. The topological polar surface area (TPSA) is 50.5 Å². The van der Waals surface area contributed by atoms with Crippen molar-refractivity contribution in [3.8, 4) is 0 Å². The summed E-state index contributed by atoms with van der Waals surface area (Å²) in [5, 5.41) is 0.576. The third-order valence-corrected chi connectivity index (χ3v) is 5.84. The van der Waals surface area contributed by atoms with Gasteiger partial charge in [0.2, 0.25) is 5.91 Å². The van der Waals surface area contributed by atoms with Crippen molar-refractivity contribution in [2.75, 3.05) is 0 Å². The van der Waals surface area contributed by atoms with E-state index < -0.39 is 0 Å². The average Bonchev–Trinajstić information content (AvgIpc) is 2.76. The van der Waals surface area contributed by atoms with Crippen LogP contribution in [0.15, 0.2) is 64.0 Å². The highest BCUT2D eigenvalue weighted by molar-refractivity contribution is 5.80. The Kier molecular flexibility index (Phi) is 5.79. The van der Waals surface area contributed by atoms with Gasteiger partial charge in [-0.1, -0.05) is 61.2 Å². The van der Waals surface area contributed by atoms with Crippen LogP contribution in [0.25, 0.3) is 11.0 Å². The van der Waals surface area contributed by atoms with Gasteiger partial charge in [0.15, 0.2) is 5.43 Å². The van der Waals surface area contributed by atoms with Crippen molar-refractivity contribution in [1.82, 2.24) is 4.90 Å². The SMILES string of the molecule is Cc1ccc2occ(CN(Cc3ccccc3)C(=O)C3CCCCC3)c(=O)c2c1. The maximum Gasteiger partial charge on any atom is 0.226 e. The normalized spacial score (nSPS) is 14.8. The number of fused-ring (bicyclic) bond motifs is 1. The molecule has 1 aliphatic rings. The molecule has 150 valence electrons. The standard InChI is InChI=1S/C25H27NO3/c1-18-12-13-23-22(14-18)24(27)21(17-29-23)16-26(15-19-8-4-2-5-9-19)25(28)20-10-6-3-7-11-20/h2,4-5,8-9,12-14,17,20H,3,6-7,10-11,15-16H2,1H3. The van der Waals surface area contributed by atoms with Gasteiger partial charge < -0.3 is 9.32 Å². The molecule has 1 amide bonds. The lowest BCUT2D eigenvalue weighted by Gasteiger charge is -2.29. The first-order chi connectivity index (χ1) is 14.1. The molecule has 0 aliphatic heterocycles. The van der Waals surface area contributed by atoms with Crippen LogP contribution in [-0.2, 0) is 17.9 Å². The summed E-state index contributed by atoms with van der Waals surface area (Å²) in [6.07, 6.45) is 6.81. The first-order valence-electron chi connectivity index (χ1n) is 10.5. The fourth-order valence-corrected chi connectivity index (χ4v) is 4.22. The third-order valence-electron chi connectivity index (χ3n) is 5.84. The molecular formula is C25H27NO3.